The summed E-state index contributed by atoms with van der Waals surface area (Å²) >= 11 is 3.49. The summed E-state index contributed by atoms with van der Waals surface area (Å²) in [7, 11) is 0. The number of fused-ring (bicyclic) bond motifs is 1. The smallest absolute Gasteiger partial charge is 0.152 e. The highest BCUT2D eigenvalue weighted by atomic mass is 79.9. The van der Waals surface area contributed by atoms with Crippen molar-refractivity contribution >= 4 is 27.9 Å². The summed E-state index contributed by atoms with van der Waals surface area (Å²) < 4.78 is 6.83. The van der Waals surface area contributed by atoms with E-state index in [0.29, 0.717) is 12.1 Å². The van der Waals surface area contributed by atoms with Crippen LogP contribution in [0, 0.1) is 0 Å². The van der Waals surface area contributed by atoms with E-state index in [1.807, 2.05) is 18.2 Å². The van der Waals surface area contributed by atoms with E-state index in [0.717, 1.165) is 48.0 Å². The number of halogens is 1. The fourth-order valence-corrected chi connectivity index (χ4v) is 3.44. The molecule has 3 rings (SSSR count). The van der Waals surface area contributed by atoms with Crippen LogP contribution in [-0.4, -0.2) is 31.6 Å². The summed E-state index contributed by atoms with van der Waals surface area (Å²) in [4.78, 5) is 13.6. The first-order chi connectivity index (χ1) is 8.79. The lowest BCUT2D eigenvalue weighted by molar-refractivity contribution is 0.0256. The Kier molecular flexibility index (Phi) is 3.39. The fourth-order valence-electron chi connectivity index (χ4n) is 3.09. The number of morpholine rings is 1. The quantitative estimate of drug-likeness (QED) is 0.787. The number of carbonyl (C=O) groups is 1. The zero-order valence-electron chi connectivity index (χ0n) is 10.1. The Hall–Kier alpha value is -0.870. The van der Waals surface area contributed by atoms with E-state index in [-0.39, 0.29) is 0 Å². The molecule has 1 saturated carbocycles. The van der Waals surface area contributed by atoms with E-state index >= 15 is 0 Å². The van der Waals surface area contributed by atoms with E-state index in [4.69, 9.17) is 4.74 Å². The topological polar surface area (TPSA) is 29.5 Å². The zero-order valence-corrected chi connectivity index (χ0v) is 11.7. The number of carbonyl (C=O) groups excluding carboxylic acids is 1. The summed E-state index contributed by atoms with van der Waals surface area (Å²) in [5, 5.41) is 0. The van der Waals surface area contributed by atoms with Gasteiger partial charge in [-0.3, -0.25) is 4.79 Å². The van der Waals surface area contributed by atoms with Gasteiger partial charge in [-0.25, -0.2) is 0 Å². The highest BCUT2D eigenvalue weighted by Gasteiger charge is 2.36. The SMILES string of the molecule is O=Cc1ccc(Br)cc1N1CCOC2CCCC21. The Balaban J connectivity index is 1.97. The van der Waals surface area contributed by atoms with Gasteiger partial charge in [0, 0.05) is 22.3 Å². The molecule has 0 N–H and O–H groups in total. The minimum absolute atomic E-state index is 0.345. The molecule has 0 radical (unpaired) electrons. The molecule has 96 valence electrons. The van der Waals surface area contributed by atoms with Crippen LogP contribution in [0.3, 0.4) is 0 Å². The second-order valence-electron chi connectivity index (χ2n) is 4.92. The van der Waals surface area contributed by atoms with E-state index in [1.54, 1.807) is 0 Å². The zero-order chi connectivity index (χ0) is 12.5. The Morgan fingerprint density at radius 1 is 1.39 bits per heavy atom. The molecule has 1 aromatic rings. The van der Waals surface area contributed by atoms with Crippen LogP contribution in [0.25, 0.3) is 0 Å². The molecule has 0 aromatic heterocycles. The minimum atomic E-state index is 0.345. The summed E-state index contributed by atoms with van der Waals surface area (Å²) in [6.07, 6.45) is 4.82. The van der Waals surface area contributed by atoms with Crippen LogP contribution in [-0.2, 0) is 4.74 Å². The Bertz CT molecular complexity index is 463. The van der Waals surface area contributed by atoms with E-state index in [2.05, 4.69) is 20.8 Å². The van der Waals surface area contributed by atoms with Crippen molar-refractivity contribution in [1.29, 1.82) is 0 Å². The summed E-state index contributed by atoms with van der Waals surface area (Å²) in [6.45, 7) is 1.63. The third kappa shape index (κ3) is 2.08. The van der Waals surface area contributed by atoms with E-state index in [1.165, 1.54) is 6.42 Å². The van der Waals surface area contributed by atoms with Gasteiger partial charge in [0.1, 0.15) is 0 Å². The lowest BCUT2D eigenvalue weighted by Crippen LogP contribution is -2.49. The van der Waals surface area contributed by atoms with Gasteiger partial charge in [-0.15, -0.1) is 0 Å². The minimum Gasteiger partial charge on any atom is -0.374 e. The summed E-state index contributed by atoms with van der Waals surface area (Å²) in [5.41, 5.74) is 1.81. The van der Waals surface area contributed by atoms with Crippen LogP contribution in [0.1, 0.15) is 29.6 Å². The number of anilines is 1. The van der Waals surface area contributed by atoms with Crippen molar-refractivity contribution in [2.75, 3.05) is 18.1 Å². The fraction of sp³-hybridized carbons (Fsp3) is 0.500. The van der Waals surface area contributed by atoms with Gasteiger partial charge < -0.3 is 9.64 Å². The first kappa shape index (κ1) is 12.2. The van der Waals surface area contributed by atoms with Crippen molar-refractivity contribution in [2.24, 2.45) is 0 Å². The number of rotatable bonds is 2. The number of ether oxygens (including phenoxy) is 1. The molecule has 1 aliphatic heterocycles. The molecule has 1 saturated heterocycles. The lowest BCUT2D eigenvalue weighted by Gasteiger charge is -2.40. The Morgan fingerprint density at radius 3 is 3.11 bits per heavy atom. The highest BCUT2D eigenvalue weighted by Crippen LogP contribution is 2.35. The molecule has 0 amide bonds. The van der Waals surface area contributed by atoms with E-state index < -0.39 is 0 Å². The number of benzene rings is 1. The number of hydrogen-bond acceptors (Lipinski definition) is 3. The van der Waals surface area contributed by atoms with Crippen molar-refractivity contribution in [3.8, 4) is 0 Å². The van der Waals surface area contributed by atoms with Crippen molar-refractivity contribution in [3.63, 3.8) is 0 Å². The Morgan fingerprint density at radius 2 is 2.28 bits per heavy atom. The van der Waals surface area contributed by atoms with Gasteiger partial charge in [-0.2, -0.15) is 0 Å². The lowest BCUT2D eigenvalue weighted by atomic mass is 10.1. The first-order valence-electron chi connectivity index (χ1n) is 6.42. The maximum atomic E-state index is 11.2. The molecule has 2 unspecified atom stereocenters. The van der Waals surface area contributed by atoms with Crippen LogP contribution < -0.4 is 4.90 Å². The monoisotopic (exact) mass is 309 g/mol. The number of nitrogens with zero attached hydrogens (tertiary/aromatic N) is 1. The average molecular weight is 310 g/mol. The molecule has 1 heterocycles. The third-order valence-corrected chi connectivity index (χ3v) is 4.40. The molecule has 2 atom stereocenters. The molecule has 0 bridgehead atoms. The molecule has 0 spiro atoms. The second kappa shape index (κ2) is 5.02. The first-order valence-corrected chi connectivity index (χ1v) is 7.22. The van der Waals surface area contributed by atoms with E-state index in [9.17, 15) is 4.79 Å². The molecule has 1 aliphatic carbocycles. The van der Waals surface area contributed by atoms with Crippen LogP contribution in [0.2, 0.25) is 0 Å². The summed E-state index contributed by atoms with van der Waals surface area (Å²) in [6, 6.07) is 6.28. The molecule has 18 heavy (non-hydrogen) atoms. The average Bonchev–Trinajstić information content (AvgIpc) is 2.86. The van der Waals surface area contributed by atoms with Gasteiger partial charge >= 0.3 is 0 Å². The van der Waals surface area contributed by atoms with Crippen LogP contribution in [0.4, 0.5) is 5.69 Å². The molecule has 1 aromatic carbocycles. The standard InChI is InChI=1S/C14H16BrNO2/c15-11-5-4-10(9-17)13(8-11)16-6-7-18-14-3-1-2-12(14)16/h4-5,8-9,12,14H,1-3,6-7H2. The van der Waals surface area contributed by atoms with Crippen LogP contribution >= 0.6 is 15.9 Å². The normalized spacial score (nSPS) is 27.1. The maximum Gasteiger partial charge on any atom is 0.152 e. The van der Waals surface area contributed by atoms with Crippen LogP contribution in [0.5, 0.6) is 0 Å². The van der Waals surface area contributed by atoms with Crippen molar-refractivity contribution < 1.29 is 9.53 Å². The highest BCUT2D eigenvalue weighted by molar-refractivity contribution is 9.10. The molecular weight excluding hydrogens is 294 g/mol. The third-order valence-electron chi connectivity index (χ3n) is 3.91. The van der Waals surface area contributed by atoms with Gasteiger partial charge in [-0.1, -0.05) is 15.9 Å². The largest absolute Gasteiger partial charge is 0.374 e. The molecule has 3 nitrogen and oxygen atoms in total. The number of hydrogen-bond donors (Lipinski definition) is 0. The van der Waals surface area contributed by atoms with Gasteiger partial charge in [0.2, 0.25) is 0 Å². The molecule has 2 aliphatic rings. The van der Waals surface area contributed by atoms with Crippen LogP contribution in [0.15, 0.2) is 22.7 Å². The molecular formula is C14H16BrNO2. The van der Waals surface area contributed by atoms with Gasteiger partial charge in [0.25, 0.3) is 0 Å². The van der Waals surface area contributed by atoms with Gasteiger partial charge in [0.15, 0.2) is 6.29 Å². The maximum absolute atomic E-state index is 11.2. The number of aldehydes is 1. The second-order valence-corrected chi connectivity index (χ2v) is 5.84. The molecule has 2 fully saturated rings. The van der Waals surface area contributed by atoms with Gasteiger partial charge in [-0.05, 0) is 37.5 Å². The summed E-state index contributed by atoms with van der Waals surface area (Å²) in [5.74, 6) is 0. The van der Waals surface area contributed by atoms with Crippen molar-refractivity contribution in [1.82, 2.24) is 0 Å². The predicted octanol–water partition coefficient (Wildman–Crippen LogP) is 3.02. The van der Waals surface area contributed by atoms with Gasteiger partial charge in [0.05, 0.1) is 18.8 Å². The molecule has 4 heteroatoms. The predicted molar refractivity (Wildman–Crippen MR) is 74.3 cm³/mol. The van der Waals surface area contributed by atoms with Crippen molar-refractivity contribution in [3.05, 3.63) is 28.2 Å². The van der Waals surface area contributed by atoms with Crippen molar-refractivity contribution in [2.45, 2.75) is 31.4 Å². The Labute approximate surface area is 115 Å².